The summed E-state index contributed by atoms with van der Waals surface area (Å²) < 4.78 is 4.85. The predicted octanol–water partition coefficient (Wildman–Crippen LogP) is 6.18. The highest BCUT2D eigenvalue weighted by Crippen LogP contribution is 2.12. The number of carboxylic acid groups (broad SMARTS) is 1. The lowest BCUT2D eigenvalue weighted by Gasteiger charge is -2.04. The van der Waals surface area contributed by atoms with Gasteiger partial charge in [0.25, 0.3) is 0 Å². The maximum atomic E-state index is 11.6. The van der Waals surface area contributed by atoms with E-state index in [0.717, 1.165) is 51.4 Å². The van der Waals surface area contributed by atoms with Crippen molar-refractivity contribution >= 4 is 17.9 Å². The lowest BCUT2D eigenvalue weighted by molar-refractivity contribution is -0.159. The number of unbranched alkanes of at least 4 members (excludes halogenated alkanes) is 13. The summed E-state index contributed by atoms with van der Waals surface area (Å²) in [4.78, 5) is 33.6. The molecule has 0 bridgehead atoms. The summed E-state index contributed by atoms with van der Waals surface area (Å²) in [5.41, 5.74) is 0. The molecule has 1 N–H and O–H groups in total. The average Bonchev–Trinajstić information content (AvgIpc) is 2.62. The number of hydrogen-bond donors (Lipinski definition) is 1. The molecule has 0 fully saturated rings. The molecule has 0 unspecified atom stereocenters. The SMILES string of the molecule is CCCCCCCCCCCC(=O)OC(=O)CCCCCCCCC(=O)O. The first-order valence-corrected chi connectivity index (χ1v) is 11.0. The van der Waals surface area contributed by atoms with Gasteiger partial charge in [0, 0.05) is 19.3 Å². The highest BCUT2D eigenvalue weighted by Gasteiger charge is 2.09. The van der Waals surface area contributed by atoms with Crippen molar-refractivity contribution in [1.29, 1.82) is 0 Å². The smallest absolute Gasteiger partial charge is 0.313 e. The molecule has 0 saturated carbocycles. The Morgan fingerprint density at radius 1 is 0.556 bits per heavy atom. The third kappa shape index (κ3) is 20.8. The molecule has 0 atom stereocenters. The van der Waals surface area contributed by atoms with Crippen molar-refractivity contribution in [2.75, 3.05) is 0 Å². The van der Waals surface area contributed by atoms with Crippen molar-refractivity contribution in [3.05, 3.63) is 0 Å². The molecule has 0 spiro atoms. The largest absolute Gasteiger partial charge is 0.481 e. The Labute approximate surface area is 165 Å². The summed E-state index contributed by atoms with van der Waals surface area (Å²) in [6.07, 6.45) is 16.8. The Kier molecular flexibility index (Phi) is 18.4. The van der Waals surface area contributed by atoms with Gasteiger partial charge in [0.1, 0.15) is 0 Å². The summed E-state index contributed by atoms with van der Waals surface area (Å²) in [7, 11) is 0. The maximum Gasteiger partial charge on any atom is 0.313 e. The molecular formula is C22H40O5. The van der Waals surface area contributed by atoms with Crippen LogP contribution in [-0.2, 0) is 19.1 Å². The Hall–Kier alpha value is -1.39. The van der Waals surface area contributed by atoms with E-state index in [4.69, 9.17) is 9.84 Å². The number of carbonyl (C=O) groups excluding carboxylic acids is 2. The van der Waals surface area contributed by atoms with Crippen LogP contribution in [0.5, 0.6) is 0 Å². The molecule has 0 saturated heterocycles. The second-order valence-corrected chi connectivity index (χ2v) is 7.44. The zero-order chi connectivity index (χ0) is 20.2. The van der Waals surface area contributed by atoms with Gasteiger partial charge < -0.3 is 9.84 Å². The average molecular weight is 385 g/mol. The fourth-order valence-electron chi connectivity index (χ4n) is 3.06. The molecule has 5 heteroatoms. The zero-order valence-electron chi connectivity index (χ0n) is 17.3. The monoisotopic (exact) mass is 384 g/mol. The molecule has 0 heterocycles. The van der Waals surface area contributed by atoms with Crippen molar-refractivity contribution in [3.63, 3.8) is 0 Å². The molecule has 0 rings (SSSR count). The summed E-state index contributed by atoms with van der Waals surface area (Å²) >= 11 is 0. The number of ether oxygens (including phenoxy) is 1. The molecule has 0 aliphatic heterocycles. The first-order chi connectivity index (χ1) is 13.1. The molecule has 0 amide bonds. The number of hydrogen-bond acceptors (Lipinski definition) is 4. The van der Waals surface area contributed by atoms with Crippen LogP contribution >= 0.6 is 0 Å². The topological polar surface area (TPSA) is 80.7 Å². The van der Waals surface area contributed by atoms with Crippen LogP contribution in [-0.4, -0.2) is 23.0 Å². The van der Waals surface area contributed by atoms with Crippen molar-refractivity contribution in [3.8, 4) is 0 Å². The Balaban J connectivity index is 3.36. The molecule has 158 valence electrons. The maximum absolute atomic E-state index is 11.6. The van der Waals surface area contributed by atoms with Gasteiger partial charge in [0.15, 0.2) is 0 Å². The van der Waals surface area contributed by atoms with Gasteiger partial charge in [0.05, 0.1) is 0 Å². The first-order valence-electron chi connectivity index (χ1n) is 11.0. The van der Waals surface area contributed by atoms with Crippen LogP contribution in [0, 0.1) is 0 Å². The van der Waals surface area contributed by atoms with Gasteiger partial charge in [0.2, 0.25) is 0 Å². The minimum atomic E-state index is -0.746. The first kappa shape index (κ1) is 25.6. The van der Waals surface area contributed by atoms with Gasteiger partial charge in [-0.2, -0.15) is 0 Å². The van der Waals surface area contributed by atoms with Crippen LogP contribution in [0.2, 0.25) is 0 Å². The van der Waals surface area contributed by atoms with Crippen LogP contribution in [0.15, 0.2) is 0 Å². The van der Waals surface area contributed by atoms with Gasteiger partial charge in [-0.3, -0.25) is 14.4 Å². The van der Waals surface area contributed by atoms with Gasteiger partial charge in [-0.1, -0.05) is 84.0 Å². The van der Waals surface area contributed by atoms with Gasteiger partial charge >= 0.3 is 17.9 Å². The molecule has 5 nitrogen and oxygen atoms in total. The van der Waals surface area contributed by atoms with E-state index in [-0.39, 0.29) is 6.42 Å². The van der Waals surface area contributed by atoms with Gasteiger partial charge in [-0.05, 0) is 19.3 Å². The fraction of sp³-hybridized carbons (Fsp3) is 0.864. The number of carboxylic acids is 1. The summed E-state index contributed by atoms with van der Waals surface area (Å²) in [5.74, 6) is -1.55. The summed E-state index contributed by atoms with van der Waals surface area (Å²) in [5, 5.41) is 8.54. The molecular weight excluding hydrogens is 344 g/mol. The summed E-state index contributed by atoms with van der Waals surface area (Å²) in [6.45, 7) is 2.22. The fourth-order valence-corrected chi connectivity index (χ4v) is 3.06. The summed E-state index contributed by atoms with van der Waals surface area (Å²) in [6, 6.07) is 0. The molecule has 0 aromatic heterocycles. The van der Waals surface area contributed by atoms with Crippen molar-refractivity contribution < 1.29 is 24.2 Å². The van der Waals surface area contributed by atoms with Crippen LogP contribution in [0.25, 0.3) is 0 Å². The third-order valence-electron chi connectivity index (χ3n) is 4.73. The second-order valence-electron chi connectivity index (χ2n) is 7.44. The minimum Gasteiger partial charge on any atom is -0.481 e. The predicted molar refractivity (Wildman–Crippen MR) is 108 cm³/mol. The Bertz CT molecular complexity index is 392. The molecule has 0 aromatic carbocycles. The van der Waals surface area contributed by atoms with Crippen molar-refractivity contribution in [1.82, 2.24) is 0 Å². The van der Waals surface area contributed by atoms with Crippen molar-refractivity contribution in [2.24, 2.45) is 0 Å². The van der Waals surface area contributed by atoms with Gasteiger partial charge in [-0.25, -0.2) is 0 Å². The number of rotatable bonds is 19. The minimum absolute atomic E-state index is 0.230. The Morgan fingerprint density at radius 3 is 1.26 bits per heavy atom. The van der Waals surface area contributed by atoms with Gasteiger partial charge in [-0.15, -0.1) is 0 Å². The lowest BCUT2D eigenvalue weighted by Crippen LogP contribution is -2.11. The van der Waals surface area contributed by atoms with E-state index in [2.05, 4.69) is 6.92 Å². The van der Waals surface area contributed by atoms with E-state index in [1.807, 2.05) is 0 Å². The van der Waals surface area contributed by atoms with Crippen LogP contribution < -0.4 is 0 Å². The third-order valence-corrected chi connectivity index (χ3v) is 4.73. The molecule has 27 heavy (non-hydrogen) atoms. The standard InChI is InChI=1S/C22H40O5/c1-2-3-4-5-6-7-8-12-15-18-21(25)27-22(26)19-16-13-10-9-11-14-17-20(23)24/h2-19H2,1H3,(H,23,24). The van der Waals surface area contributed by atoms with E-state index in [9.17, 15) is 14.4 Å². The van der Waals surface area contributed by atoms with E-state index in [0.29, 0.717) is 19.3 Å². The quantitative estimate of drug-likeness (QED) is 0.163. The Morgan fingerprint density at radius 2 is 0.889 bits per heavy atom. The lowest BCUT2D eigenvalue weighted by atomic mass is 10.1. The van der Waals surface area contributed by atoms with Crippen LogP contribution in [0.1, 0.15) is 122 Å². The number of aliphatic carboxylic acids is 1. The number of carbonyl (C=O) groups is 3. The normalized spacial score (nSPS) is 10.7. The van der Waals surface area contributed by atoms with E-state index in [1.54, 1.807) is 0 Å². The molecule has 0 aliphatic carbocycles. The highest BCUT2D eigenvalue weighted by atomic mass is 16.6. The van der Waals surface area contributed by atoms with E-state index < -0.39 is 17.9 Å². The highest BCUT2D eigenvalue weighted by molar-refractivity contribution is 5.85. The molecule has 0 radical (unpaired) electrons. The van der Waals surface area contributed by atoms with Crippen LogP contribution in [0.4, 0.5) is 0 Å². The molecule has 0 aromatic rings. The zero-order valence-corrected chi connectivity index (χ0v) is 17.3. The number of esters is 2. The van der Waals surface area contributed by atoms with E-state index >= 15 is 0 Å². The second kappa shape index (κ2) is 19.4. The van der Waals surface area contributed by atoms with Crippen molar-refractivity contribution in [2.45, 2.75) is 122 Å². The van der Waals surface area contributed by atoms with Crippen LogP contribution in [0.3, 0.4) is 0 Å². The van der Waals surface area contributed by atoms with E-state index in [1.165, 1.54) is 38.5 Å². The molecule has 0 aliphatic rings.